The van der Waals surface area contributed by atoms with Gasteiger partial charge in [-0.2, -0.15) is 4.31 Å². The summed E-state index contributed by atoms with van der Waals surface area (Å²) >= 11 is 0. The molecule has 2 atom stereocenters. The van der Waals surface area contributed by atoms with Crippen molar-refractivity contribution in [2.45, 2.75) is 57.5 Å². The van der Waals surface area contributed by atoms with E-state index in [-0.39, 0.29) is 29.2 Å². The Morgan fingerprint density at radius 1 is 1.18 bits per heavy atom. The number of hydrogen-bond acceptors (Lipinski definition) is 6. The second kappa shape index (κ2) is 10.2. The molecule has 1 aromatic carbocycles. The lowest BCUT2D eigenvalue weighted by atomic mass is 9.98. The zero-order chi connectivity index (χ0) is 24.5. The van der Waals surface area contributed by atoms with Crippen LogP contribution < -0.4 is 15.4 Å². The smallest absolute Gasteiger partial charge is 0.265 e. The number of piperidine rings is 2. The van der Waals surface area contributed by atoms with Gasteiger partial charge >= 0.3 is 0 Å². The number of carbonyl (C=O) groups is 2. The Balaban J connectivity index is 1.39. The maximum atomic E-state index is 13.5. The molecular weight excluding hydrogens is 456 g/mol. The first-order chi connectivity index (χ1) is 16.1. The van der Waals surface area contributed by atoms with Gasteiger partial charge in [0.25, 0.3) is 5.91 Å². The van der Waals surface area contributed by atoms with E-state index in [0.717, 1.165) is 25.6 Å². The third-order valence-corrected chi connectivity index (χ3v) is 9.19. The molecule has 3 aliphatic rings. The number of hydrogen-bond donors (Lipinski definition) is 2. The number of nitrogens with one attached hydrogen (secondary N) is 2. The molecule has 34 heavy (non-hydrogen) atoms. The van der Waals surface area contributed by atoms with Gasteiger partial charge in [0.15, 0.2) is 6.10 Å². The Morgan fingerprint density at radius 2 is 1.91 bits per heavy atom. The SMILES string of the molecule is Cc1cc2c(cc1S(=O)(=O)N1CCCC(C(=O)NCCN3CCC(C)CC3)C1)OC(C)C(=O)N2. The van der Waals surface area contributed by atoms with E-state index >= 15 is 0 Å². The fraction of sp³-hybridized carbons (Fsp3) is 0.667. The number of anilines is 1. The summed E-state index contributed by atoms with van der Waals surface area (Å²) in [7, 11) is -3.81. The average molecular weight is 493 g/mol. The van der Waals surface area contributed by atoms with Crippen molar-refractivity contribution in [2.75, 3.05) is 44.6 Å². The van der Waals surface area contributed by atoms with Crippen LogP contribution in [-0.2, 0) is 19.6 Å². The number of rotatable bonds is 6. The lowest BCUT2D eigenvalue weighted by molar-refractivity contribution is -0.126. The molecule has 0 aromatic heterocycles. The third kappa shape index (κ3) is 5.39. The number of carbonyl (C=O) groups excluding carboxylic acids is 2. The van der Waals surface area contributed by atoms with Gasteiger partial charge in [0, 0.05) is 32.2 Å². The molecule has 9 nitrogen and oxygen atoms in total. The van der Waals surface area contributed by atoms with Crippen molar-refractivity contribution in [2.24, 2.45) is 11.8 Å². The topological polar surface area (TPSA) is 108 Å². The molecule has 1 aromatic rings. The molecule has 0 radical (unpaired) electrons. The van der Waals surface area contributed by atoms with Crippen LogP contribution >= 0.6 is 0 Å². The summed E-state index contributed by atoms with van der Waals surface area (Å²) in [6.45, 7) is 9.69. The zero-order valence-corrected chi connectivity index (χ0v) is 21.1. The van der Waals surface area contributed by atoms with Gasteiger partial charge in [0.1, 0.15) is 5.75 Å². The number of nitrogens with zero attached hydrogens (tertiary/aromatic N) is 2. The highest BCUT2D eigenvalue weighted by atomic mass is 32.2. The van der Waals surface area contributed by atoms with Crippen LogP contribution in [0.2, 0.25) is 0 Å². The molecule has 3 heterocycles. The fourth-order valence-corrected chi connectivity index (χ4v) is 6.65. The van der Waals surface area contributed by atoms with Crippen LogP contribution in [0.4, 0.5) is 5.69 Å². The van der Waals surface area contributed by atoms with Crippen LogP contribution in [0.15, 0.2) is 17.0 Å². The first-order valence-electron chi connectivity index (χ1n) is 12.3. The van der Waals surface area contributed by atoms with Crippen LogP contribution in [0.25, 0.3) is 0 Å². The number of fused-ring (bicyclic) bond motifs is 1. The van der Waals surface area contributed by atoms with Crippen molar-refractivity contribution in [1.82, 2.24) is 14.5 Å². The van der Waals surface area contributed by atoms with Crippen LogP contribution in [0.1, 0.15) is 45.1 Å². The highest BCUT2D eigenvalue weighted by Gasteiger charge is 2.35. The van der Waals surface area contributed by atoms with E-state index in [1.54, 1.807) is 19.9 Å². The number of amides is 2. The molecular formula is C24H36N4O5S. The maximum absolute atomic E-state index is 13.5. The zero-order valence-electron chi connectivity index (χ0n) is 20.3. The highest BCUT2D eigenvalue weighted by Crippen LogP contribution is 2.36. The van der Waals surface area contributed by atoms with E-state index in [9.17, 15) is 18.0 Å². The minimum Gasteiger partial charge on any atom is -0.479 e. The molecule has 3 aliphatic heterocycles. The Bertz CT molecular complexity index is 1040. The van der Waals surface area contributed by atoms with Gasteiger partial charge < -0.3 is 20.3 Å². The summed E-state index contributed by atoms with van der Waals surface area (Å²) in [5, 5.41) is 5.77. The number of likely N-dealkylation sites (tertiary alicyclic amines) is 1. The van der Waals surface area contributed by atoms with Gasteiger partial charge in [-0.1, -0.05) is 6.92 Å². The number of aryl methyl sites for hydroxylation is 1. The minimum absolute atomic E-state index is 0.0766. The Kier molecular flexibility index (Phi) is 7.49. The van der Waals surface area contributed by atoms with Crippen LogP contribution in [0.3, 0.4) is 0 Å². The van der Waals surface area contributed by atoms with Crippen molar-refractivity contribution in [1.29, 1.82) is 0 Å². The van der Waals surface area contributed by atoms with E-state index in [4.69, 9.17) is 4.74 Å². The summed E-state index contributed by atoms with van der Waals surface area (Å²) in [5.41, 5.74) is 0.998. The molecule has 188 valence electrons. The van der Waals surface area contributed by atoms with E-state index in [1.165, 1.54) is 23.2 Å². The number of ether oxygens (including phenoxy) is 1. The Morgan fingerprint density at radius 3 is 2.65 bits per heavy atom. The van der Waals surface area contributed by atoms with Gasteiger partial charge in [-0.15, -0.1) is 0 Å². The standard InChI is InChI=1S/C24H36N4O5S/c1-16-6-10-27(11-7-16)12-8-25-24(30)19-5-4-9-28(15-19)34(31,32)22-14-21-20(13-17(22)2)26-23(29)18(3)33-21/h13-14,16,18-19H,4-12,15H2,1-3H3,(H,25,30)(H,26,29). The lowest BCUT2D eigenvalue weighted by Crippen LogP contribution is -2.47. The van der Waals surface area contributed by atoms with Crippen molar-refractivity contribution in [3.63, 3.8) is 0 Å². The molecule has 2 saturated heterocycles. The molecule has 0 saturated carbocycles. The summed E-state index contributed by atoms with van der Waals surface area (Å²) < 4.78 is 34.0. The van der Waals surface area contributed by atoms with Gasteiger partial charge in [0.05, 0.1) is 16.5 Å². The first kappa shape index (κ1) is 24.9. The highest BCUT2D eigenvalue weighted by molar-refractivity contribution is 7.89. The van der Waals surface area contributed by atoms with Crippen LogP contribution in [-0.4, -0.2) is 74.8 Å². The summed E-state index contributed by atoms with van der Waals surface area (Å²) in [4.78, 5) is 27.2. The number of sulfonamides is 1. The van der Waals surface area contributed by atoms with Gasteiger partial charge in [0.2, 0.25) is 15.9 Å². The lowest BCUT2D eigenvalue weighted by Gasteiger charge is -2.33. The molecule has 4 rings (SSSR count). The normalized spacial score (nSPS) is 24.7. The van der Waals surface area contributed by atoms with Crippen LogP contribution in [0.5, 0.6) is 5.75 Å². The number of benzene rings is 1. The van der Waals surface area contributed by atoms with Gasteiger partial charge in [-0.05, 0) is 70.2 Å². The van der Waals surface area contributed by atoms with Gasteiger partial charge in [-0.3, -0.25) is 9.59 Å². The maximum Gasteiger partial charge on any atom is 0.265 e. The third-order valence-electron chi connectivity index (χ3n) is 7.18. The Hall–Kier alpha value is -2.17. The molecule has 2 N–H and O–H groups in total. The van der Waals surface area contributed by atoms with Crippen molar-refractivity contribution in [3.05, 3.63) is 17.7 Å². The largest absolute Gasteiger partial charge is 0.479 e. The van der Waals surface area contributed by atoms with Crippen molar-refractivity contribution in [3.8, 4) is 5.75 Å². The first-order valence-corrected chi connectivity index (χ1v) is 13.7. The molecule has 10 heteroatoms. The second-order valence-electron chi connectivity index (χ2n) is 9.88. The van der Waals surface area contributed by atoms with E-state index in [1.807, 2.05) is 0 Å². The predicted molar refractivity (Wildman–Crippen MR) is 129 cm³/mol. The molecule has 2 unspecified atom stereocenters. The van der Waals surface area contributed by atoms with Gasteiger partial charge in [-0.25, -0.2) is 8.42 Å². The van der Waals surface area contributed by atoms with E-state index in [0.29, 0.717) is 42.9 Å². The monoisotopic (exact) mass is 492 g/mol. The Labute approximate surface area is 202 Å². The molecule has 2 amide bonds. The molecule has 0 spiro atoms. The fourth-order valence-electron chi connectivity index (χ4n) is 4.90. The minimum atomic E-state index is -3.81. The van der Waals surface area contributed by atoms with E-state index < -0.39 is 16.1 Å². The average Bonchev–Trinajstić information content (AvgIpc) is 2.81. The van der Waals surface area contributed by atoms with Crippen LogP contribution in [0, 0.1) is 18.8 Å². The van der Waals surface area contributed by atoms with Crippen molar-refractivity contribution < 1.29 is 22.7 Å². The molecule has 0 aliphatic carbocycles. The molecule has 2 fully saturated rings. The van der Waals surface area contributed by atoms with Crippen molar-refractivity contribution >= 4 is 27.5 Å². The summed E-state index contributed by atoms with van der Waals surface area (Å²) in [5.74, 6) is 0.413. The molecule has 0 bridgehead atoms. The second-order valence-corrected chi connectivity index (χ2v) is 11.8. The predicted octanol–water partition coefficient (Wildman–Crippen LogP) is 1.96. The summed E-state index contributed by atoms with van der Waals surface area (Å²) in [6, 6.07) is 3.11. The van der Waals surface area contributed by atoms with E-state index in [2.05, 4.69) is 22.5 Å². The quantitative estimate of drug-likeness (QED) is 0.629. The summed E-state index contributed by atoms with van der Waals surface area (Å²) in [6.07, 6.45) is 3.01.